The summed E-state index contributed by atoms with van der Waals surface area (Å²) < 4.78 is 10.3. The summed E-state index contributed by atoms with van der Waals surface area (Å²) in [6, 6.07) is 2.65. The second-order valence-corrected chi connectivity index (χ2v) is 3.85. The SMILES string of the molecule is N[C@@H](CC(=O)O)c1cc(Cl)c2c(c1)OCO2. The van der Waals surface area contributed by atoms with Crippen molar-refractivity contribution in [1.29, 1.82) is 0 Å². The van der Waals surface area contributed by atoms with Crippen molar-refractivity contribution in [2.24, 2.45) is 5.73 Å². The summed E-state index contributed by atoms with van der Waals surface area (Å²) in [5.41, 5.74) is 6.34. The van der Waals surface area contributed by atoms with Crippen LogP contribution in [0.2, 0.25) is 5.02 Å². The van der Waals surface area contributed by atoms with Gasteiger partial charge in [-0.3, -0.25) is 4.79 Å². The summed E-state index contributed by atoms with van der Waals surface area (Å²) >= 11 is 5.95. The Morgan fingerprint density at radius 3 is 3.00 bits per heavy atom. The van der Waals surface area contributed by atoms with E-state index in [9.17, 15) is 4.79 Å². The second kappa shape index (κ2) is 4.19. The number of aliphatic carboxylic acids is 1. The van der Waals surface area contributed by atoms with Gasteiger partial charge in [-0.15, -0.1) is 0 Å². The molecule has 1 aromatic carbocycles. The Kier molecular flexibility index (Phi) is 2.89. The number of hydrogen-bond donors (Lipinski definition) is 2. The Morgan fingerprint density at radius 2 is 2.31 bits per heavy atom. The smallest absolute Gasteiger partial charge is 0.305 e. The van der Waals surface area contributed by atoms with E-state index in [1.807, 2.05) is 0 Å². The predicted octanol–water partition coefficient (Wildman–Crippen LogP) is 1.54. The number of carboxylic acid groups (broad SMARTS) is 1. The van der Waals surface area contributed by atoms with Gasteiger partial charge in [-0.05, 0) is 17.7 Å². The normalized spacial score (nSPS) is 14.9. The molecule has 6 heteroatoms. The number of nitrogens with two attached hydrogens (primary N) is 1. The molecule has 3 N–H and O–H groups in total. The molecule has 0 fully saturated rings. The molecule has 0 saturated heterocycles. The minimum atomic E-state index is -0.957. The molecular weight excluding hydrogens is 234 g/mol. The van der Waals surface area contributed by atoms with Gasteiger partial charge in [-0.25, -0.2) is 0 Å². The fourth-order valence-corrected chi connectivity index (χ4v) is 1.78. The quantitative estimate of drug-likeness (QED) is 0.842. The third kappa shape index (κ3) is 2.05. The van der Waals surface area contributed by atoms with Crippen LogP contribution in [-0.2, 0) is 4.79 Å². The number of rotatable bonds is 3. The number of halogens is 1. The van der Waals surface area contributed by atoms with E-state index in [1.165, 1.54) is 0 Å². The Hall–Kier alpha value is -1.46. The van der Waals surface area contributed by atoms with Crippen molar-refractivity contribution in [1.82, 2.24) is 0 Å². The third-order valence-corrected chi connectivity index (χ3v) is 2.55. The second-order valence-electron chi connectivity index (χ2n) is 3.44. The van der Waals surface area contributed by atoms with Gasteiger partial charge in [0.15, 0.2) is 11.5 Å². The molecule has 1 atom stereocenters. The van der Waals surface area contributed by atoms with Crippen LogP contribution in [0.15, 0.2) is 12.1 Å². The zero-order valence-electron chi connectivity index (χ0n) is 8.27. The van der Waals surface area contributed by atoms with Gasteiger partial charge in [-0.1, -0.05) is 11.6 Å². The Morgan fingerprint density at radius 1 is 1.56 bits per heavy atom. The van der Waals surface area contributed by atoms with E-state index in [2.05, 4.69) is 0 Å². The summed E-state index contributed by atoms with van der Waals surface area (Å²) in [5.74, 6) is 0.0255. The van der Waals surface area contributed by atoms with E-state index >= 15 is 0 Å². The molecule has 0 radical (unpaired) electrons. The molecule has 0 spiro atoms. The summed E-state index contributed by atoms with van der Waals surface area (Å²) in [6.07, 6.45) is -0.157. The highest BCUT2D eigenvalue weighted by Gasteiger charge is 2.21. The Labute approximate surface area is 96.7 Å². The molecule has 1 aliphatic heterocycles. The summed E-state index contributed by atoms with van der Waals surface area (Å²) in [6.45, 7) is 0.118. The first-order valence-corrected chi connectivity index (χ1v) is 5.02. The fraction of sp³-hybridized carbons (Fsp3) is 0.300. The first-order chi connectivity index (χ1) is 7.58. The number of fused-ring (bicyclic) bond motifs is 1. The number of hydrogen-bond acceptors (Lipinski definition) is 4. The van der Waals surface area contributed by atoms with Crippen molar-refractivity contribution in [3.8, 4) is 11.5 Å². The monoisotopic (exact) mass is 243 g/mol. The maximum Gasteiger partial charge on any atom is 0.305 e. The lowest BCUT2D eigenvalue weighted by molar-refractivity contribution is -0.137. The average Bonchev–Trinajstić information content (AvgIpc) is 2.64. The van der Waals surface area contributed by atoms with Gasteiger partial charge in [0, 0.05) is 6.04 Å². The Balaban J connectivity index is 2.29. The van der Waals surface area contributed by atoms with Crippen LogP contribution in [0.3, 0.4) is 0 Å². The maximum absolute atomic E-state index is 10.5. The molecule has 1 aromatic rings. The zero-order chi connectivity index (χ0) is 11.7. The lowest BCUT2D eigenvalue weighted by Crippen LogP contribution is -2.14. The molecule has 0 aromatic heterocycles. The van der Waals surface area contributed by atoms with E-state index in [4.69, 9.17) is 31.9 Å². The highest BCUT2D eigenvalue weighted by atomic mass is 35.5. The van der Waals surface area contributed by atoms with Crippen LogP contribution in [0.5, 0.6) is 11.5 Å². The summed E-state index contributed by atoms with van der Waals surface area (Å²) in [5, 5.41) is 9.02. The average molecular weight is 244 g/mol. The standard InChI is InChI=1S/C10H10ClNO4/c11-6-1-5(7(12)3-9(13)14)2-8-10(6)16-4-15-8/h1-2,7H,3-4,12H2,(H,13,14)/t7-/m0/s1. The van der Waals surface area contributed by atoms with Gasteiger partial charge in [0.1, 0.15) is 0 Å². The third-order valence-electron chi connectivity index (χ3n) is 2.27. The van der Waals surface area contributed by atoms with Crippen molar-refractivity contribution in [3.05, 3.63) is 22.7 Å². The van der Waals surface area contributed by atoms with Crippen LogP contribution in [-0.4, -0.2) is 17.9 Å². The molecule has 1 aliphatic rings. The van der Waals surface area contributed by atoms with E-state index in [0.29, 0.717) is 22.1 Å². The van der Waals surface area contributed by atoms with E-state index in [0.717, 1.165) is 0 Å². The summed E-state index contributed by atoms with van der Waals surface area (Å²) in [4.78, 5) is 10.5. The topological polar surface area (TPSA) is 81.8 Å². The molecule has 86 valence electrons. The molecule has 0 saturated carbocycles. The highest BCUT2D eigenvalue weighted by Crippen LogP contribution is 2.41. The van der Waals surface area contributed by atoms with Crippen molar-refractivity contribution in [2.75, 3.05) is 6.79 Å². The molecule has 0 bridgehead atoms. The van der Waals surface area contributed by atoms with Crippen molar-refractivity contribution in [2.45, 2.75) is 12.5 Å². The predicted molar refractivity (Wildman–Crippen MR) is 56.8 cm³/mol. The van der Waals surface area contributed by atoms with Gasteiger partial charge in [0.25, 0.3) is 0 Å². The van der Waals surface area contributed by atoms with E-state index in [1.54, 1.807) is 12.1 Å². The molecule has 5 nitrogen and oxygen atoms in total. The highest BCUT2D eigenvalue weighted by molar-refractivity contribution is 6.32. The molecular formula is C10H10ClNO4. The van der Waals surface area contributed by atoms with Gasteiger partial charge in [0.2, 0.25) is 6.79 Å². The van der Waals surface area contributed by atoms with Crippen molar-refractivity contribution in [3.63, 3.8) is 0 Å². The first kappa shape index (κ1) is 11.0. The molecule has 1 heterocycles. The van der Waals surface area contributed by atoms with Crippen LogP contribution < -0.4 is 15.2 Å². The number of benzene rings is 1. The number of ether oxygens (including phenoxy) is 2. The lowest BCUT2D eigenvalue weighted by atomic mass is 10.0. The van der Waals surface area contributed by atoms with Crippen LogP contribution in [0.1, 0.15) is 18.0 Å². The molecule has 0 amide bonds. The molecule has 0 aliphatic carbocycles. The number of carbonyl (C=O) groups is 1. The van der Waals surface area contributed by atoms with E-state index < -0.39 is 12.0 Å². The van der Waals surface area contributed by atoms with Gasteiger partial charge in [-0.2, -0.15) is 0 Å². The lowest BCUT2D eigenvalue weighted by Gasteiger charge is -2.10. The van der Waals surface area contributed by atoms with Gasteiger partial charge in [0.05, 0.1) is 11.4 Å². The zero-order valence-corrected chi connectivity index (χ0v) is 9.03. The van der Waals surface area contributed by atoms with Crippen LogP contribution in [0, 0.1) is 0 Å². The molecule has 2 rings (SSSR count). The maximum atomic E-state index is 10.5. The van der Waals surface area contributed by atoms with Crippen molar-refractivity contribution >= 4 is 17.6 Å². The minimum absolute atomic E-state index is 0.118. The fourth-order valence-electron chi connectivity index (χ4n) is 1.51. The Bertz CT molecular complexity index is 435. The largest absolute Gasteiger partial charge is 0.481 e. The molecule has 16 heavy (non-hydrogen) atoms. The van der Waals surface area contributed by atoms with Crippen LogP contribution in [0.25, 0.3) is 0 Å². The van der Waals surface area contributed by atoms with Gasteiger partial charge >= 0.3 is 5.97 Å². The van der Waals surface area contributed by atoms with E-state index in [-0.39, 0.29) is 13.2 Å². The first-order valence-electron chi connectivity index (χ1n) is 4.64. The van der Waals surface area contributed by atoms with Gasteiger partial charge < -0.3 is 20.3 Å². The number of carboxylic acids is 1. The van der Waals surface area contributed by atoms with Crippen LogP contribution >= 0.6 is 11.6 Å². The molecule has 0 unspecified atom stereocenters. The summed E-state index contributed by atoms with van der Waals surface area (Å²) in [7, 11) is 0. The minimum Gasteiger partial charge on any atom is -0.481 e. The van der Waals surface area contributed by atoms with Crippen molar-refractivity contribution < 1.29 is 19.4 Å². The van der Waals surface area contributed by atoms with Crippen LogP contribution in [0.4, 0.5) is 0 Å².